The Morgan fingerprint density at radius 3 is 1.79 bits per heavy atom. The predicted octanol–water partition coefficient (Wildman–Crippen LogP) is 8.06. The zero-order valence-electron chi connectivity index (χ0n) is 19.8. The molecular formula is C27H42O. The van der Waals surface area contributed by atoms with Gasteiger partial charge in [0.25, 0.3) is 0 Å². The fourth-order valence-corrected chi connectivity index (χ4v) is 3.25. The van der Waals surface area contributed by atoms with E-state index < -0.39 is 0 Å². The largest absolute Gasteiger partial charge is 0.307 e. The summed E-state index contributed by atoms with van der Waals surface area (Å²) in [5.41, 5.74) is 11.0. The molecule has 0 radical (unpaired) electrons. The normalized spacial score (nSPS) is 9.04. The summed E-state index contributed by atoms with van der Waals surface area (Å²) in [7, 11) is 0. The number of hydrogen-bond donors (Lipinski definition) is 0. The lowest BCUT2D eigenvalue weighted by atomic mass is 9.89. The summed E-state index contributed by atoms with van der Waals surface area (Å²) < 4.78 is 0. The summed E-state index contributed by atoms with van der Waals surface area (Å²) in [6, 6.07) is 11.4. The number of rotatable bonds is 5. The number of aryl methyl sites for hydroxylation is 4. The predicted molar refractivity (Wildman–Crippen MR) is 128 cm³/mol. The highest BCUT2D eigenvalue weighted by atomic mass is 16.1. The molecule has 2 aromatic rings. The second-order valence-electron chi connectivity index (χ2n) is 6.57. The van der Waals surface area contributed by atoms with Crippen LogP contribution in [0.5, 0.6) is 0 Å². The molecule has 0 aromatic heterocycles. The van der Waals surface area contributed by atoms with E-state index in [0.717, 1.165) is 18.4 Å². The summed E-state index contributed by atoms with van der Waals surface area (Å²) in [5, 5.41) is 0. The van der Waals surface area contributed by atoms with E-state index in [9.17, 15) is 0 Å². The average molecular weight is 383 g/mol. The first-order valence-electron chi connectivity index (χ1n) is 10.6. The highest BCUT2D eigenvalue weighted by Gasteiger charge is 2.10. The minimum absolute atomic E-state index is 1.02. The minimum atomic E-state index is 1.02. The Labute approximate surface area is 174 Å². The Kier molecular flexibility index (Phi) is 15.9. The maximum Gasteiger partial charge on any atom is 0.106 e. The Morgan fingerprint density at radius 1 is 0.857 bits per heavy atom. The van der Waals surface area contributed by atoms with Gasteiger partial charge in [0.15, 0.2) is 0 Å². The van der Waals surface area contributed by atoms with E-state index in [-0.39, 0.29) is 0 Å². The molecule has 0 aliphatic rings. The van der Waals surface area contributed by atoms with E-state index in [1.807, 2.05) is 34.5 Å². The molecule has 0 spiro atoms. The van der Waals surface area contributed by atoms with Crippen molar-refractivity contribution in [3.05, 3.63) is 75.9 Å². The van der Waals surface area contributed by atoms with Crippen molar-refractivity contribution in [1.82, 2.24) is 0 Å². The molecule has 156 valence electrons. The number of carbonyl (C=O) groups excluding carboxylic acids is 1. The fraction of sp³-hybridized carbons (Fsp3) is 0.444. The Morgan fingerprint density at radius 2 is 1.36 bits per heavy atom. The average Bonchev–Trinajstić information content (AvgIpc) is 2.70. The first kappa shape index (κ1) is 28.1. The van der Waals surface area contributed by atoms with Crippen molar-refractivity contribution in [3.8, 4) is 0 Å². The molecule has 0 N–H and O–H groups in total. The topological polar surface area (TPSA) is 17.1 Å². The van der Waals surface area contributed by atoms with Crippen LogP contribution in [0.25, 0.3) is 5.57 Å². The van der Waals surface area contributed by atoms with Crippen molar-refractivity contribution in [1.29, 1.82) is 0 Å². The number of carbonyl (C=O) groups is 1. The molecule has 0 saturated heterocycles. The second kappa shape index (κ2) is 15.9. The smallest absolute Gasteiger partial charge is 0.106 e. The Hall–Kier alpha value is -2.15. The van der Waals surface area contributed by atoms with Gasteiger partial charge in [-0.1, -0.05) is 89.1 Å². The van der Waals surface area contributed by atoms with Gasteiger partial charge in [-0.3, -0.25) is 0 Å². The molecule has 1 nitrogen and oxygen atoms in total. The monoisotopic (exact) mass is 382 g/mol. The molecule has 0 bridgehead atoms. The lowest BCUT2D eigenvalue weighted by Crippen LogP contribution is -2.01. The third kappa shape index (κ3) is 8.69. The highest BCUT2D eigenvalue weighted by molar-refractivity contribution is 5.63. The van der Waals surface area contributed by atoms with Gasteiger partial charge in [0.2, 0.25) is 0 Å². The molecule has 2 aromatic carbocycles. The zero-order chi connectivity index (χ0) is 22.3. The van der Waals surface area contributed by atoms with E-state index in [1.54, 1.807) is 0 Å². The number of allylic oxidation sites excluding steroid dienone is 1. The molecule has 0 saturated carbocycles. The van der Waals surface area contributed by atoms with Gasteiger partial charge in [0.05, 0.1) is 0 Å². The zero-order valence-corrected chi connectivity index (χ0v) is 19.8. The summed E-state index contributed by atoms with van der Waals surface area (Å²) in [6.45, 7) is 25.1. The lowest BCUT2D eigenvalue weighted by Gasteiger charge is -2.16. The first-order chi connectivity index (χ1) is 13.4. The van der Waals surface area contributed by atoms with Gasteiger partial charge in [-0.2, -0.15) is 0 Å². The first-order valence-corrected chi connectivity index (χ1v) is 10.6. The van der Waals surface area contributed by atoms with Gasteiger partial charge in [-0.05, 0) is 73.9 Å². The van der Waals surface area contributed by atoms with E-state index in [0.29, 0.717) is 0 Å². The molecule has 0 aliphatic carbocycles. The minimum Gasteiger partial charge on any atom is -0.307 e. The molecule has 2 rings (SSSR count). The van der Waals surface area contributed by atoms with Crippen LogP contribution in [0.4, 0.5) is 0 Å². The number of benzene rings is 2. The fourth-order valence-electron chi connectivity index (χ4n) is 3.25. The van der Waals surface area contributed by atoms with Gasteiger partial charge in [0.1, 0.15) is 6.79 Å². The van der Waals surface area contributed by atoms with E-state index in [1.165, 1.54) is 45.4 Å². The summed E-state index contributed by atoms with van der Waals surface area (Å²) in [5.74, 6) is 0. The number of hydrogen-bond acceptors (Lipinski definition) is 1. The molecule has 0 fully saturated rings. The molecule has 0 unspecified atom stereocenters. The van der Waals surface area contributed by atoms with Crippen LogP contribution in [0.3, 0.4) is 0 Å². The summed E-state index contributed by atoms with van der Waals surface area (Å²) >= 11 is 0. The Bertz CT molecular complexity index is 687. The van der Waals surface area contributed by atoms with Crippen LogP contribution in [0, 0.1) is 20.8 Å². The van der Waals surface area contributed by atoms with Crippen LogP contribution in [0.15, 0.2) is 36.9 Å². The van der Waals surface area contributed by atoms with Crippen LogP contribution in [-0.2, 0) is 17.6 Å². The second-order valence-corrected chi connectivity index (χ2v) is 6.57. The summed E-state index contributed by atoms with van der Waals surface area (Å²) in [4.78, 5) is 8.00. The van der Waals surface area contributed by atoms with Gasteiger partial charge in [0, 0.05) is 0 Å². The third-order valence-corrected chi connectivity index (χ3v) is 4.43. The SMILES string of the molecule is C=C(C)c1ccc(CCC)c(Cc2c(C)cc(C)cc2C)c1.C=O.CC.CC. The van der Waals surface area contributed by atoms with Crippen molar-refractivity contribution < 1.29 is 4.79 Å². The van der Waals surface area contributed by atoms with Crippen molar-refractivity contribution in [2.45, 2.75) is 81.6 Å². The van der Waals surface area contributed by atoms with E-state index >= 15 is 0 Å². The molecule has 28 heavy (non-hydrogen) atoms. The van der Waals surface area contributed by atoms with Crippen LogP contribution < -0.4 is 0 Å². The van der Waals surface area contributed by atoms with Crippen LogP contribution >= 0.6 is 0 Å². The van der Waals surface area contributed by atoms with Crippen molar-refractivity contribution >= 4 is 12.4 Å². The molecule has 1 heteroatoms. The van der Waals surface area contributed by atoms with Crippen molar-refractivity contribution in [2.24, 2.45) is 0 Å². The maximum atomic E-state index is 8.00. The molecular weight excluding hydrogens is 340 g/mol. The highest BCUT2D eigenvalue weighted by Crippen LogP contribution is 2.25. The van der Waals surface area contributed by atoms with Crippen molar-refractivity contribution in [3.63, 3.8) is 0 Å². The van der Waals surface area contributed by atoms with E-state index in [2.05, 4.69) is 71.5 Å². The van der Waals surface area contributed by atoms with Crippen LogP contribution in [-0.4, -0.2) is 6.79 Å². The van der Waals surface area contributed by atoms with Gasteiger partial charge in [-0.25, -0.2) is 0 Å². The molecule has 0 heterocycles. The molecule has 0 atom stereocenters. The Balaban J connectivity index is 0. The van der Waals surface area contributed by atoms with Gasteiger partial charge in [-0.15, -0.1) is 0 Å². The van der Waals surface area contributed by atoms with Crippen LogP contribution in [0.1, 0.15) is 86.9 Å². The standard InChI is InChI=1S/C22H28.2C2H6.CH2O/c1-7-8-19-9-10-20(15(2)3)13-21(19)14-22-17(5)11-16(4)12-18(22)6;3*1-2/h9-13H,2,7-8,14H2,1,3-6H3;2*1-2H3;1H2. The quantitative estimate of drug-likeness (QED) is 0.511. The maximum absolute atomic E-state index is 8.00. The summed E-state index contributed by atoms with van der Waals surface area (Å²) in [6.07, 6.45) is 3.36. The van der Waals surface area contributed by atoms with Gasteiger partial charge < -0.3 is 4.79 Å². The third-order valence-electron chi connectivity index (χ3n) is 4.43. The van der Waals surface area contributed by atoms with Gasteiger partial charge >= 0.3 is 0 Å². The van der Waals surface area contributed by atoms with Crippen LogP contribution in [0.2, 0.25) is 0 Å². The molecule has 0 amide bonds. The molecule has 0 aliphatic heterocycles. The lowest BCUT2D eigenvalue weighted by molar-refractivity contribution is -0.0979. The van der Waals surface area contributed by atoms with Crippen molar-refractivity contribution in [2.75, 3.05) is 0 Å². The van der Waals surface area contributed by atoms with E-state index in [4.69, 9.17) is 4.79 Å².